The van der Waals surface area contributed by atoms with Gasteiger partial charge in [-0.25, -0.2) is 17.6 Å². The molecule has 4 rings (SSSR count). The molecule has 0 saturated heterocycles. The summed E-state index contributed by atoms with van der Waals surface area (Å²) < 4.78 is 53.9. The quantitative estimate of drug-likeness (QED) is 0.224. The summed E-state index contributed by atoms with van der Waals surface area (Å²) in [6.07, 6.45) is 3.67. The predicted octanol–water partition coefficient (Wildman–Crippen LogP) is 7.81. The maximum atomic E-state index is 13.5. The minimum atomic E-state index is -0.360. The van der Waals surface area contributed by atoms with E-state index in [2.05, 4.69) is 0 Å². The van der Waals surface area contributed by atoms with Gasteiger partial charge in [0.2, 0.25) is 0 Å². The summed E-state index contributed by atoms with van der Waals surface area (Å²) in [6.45, 7) is 0. The van der Waals surface area contributed by atoms with E-state index in [4.69, 9.17) is 0 Å². The summed E-state index contributed by atoms with van der Waals surface area (Å²) in [5, 5.41) is 0. The van der Waals surface area contributed by atoms with Gasteiger partial charge in [0.15, 0.2) is 0 Å². The monoisotopic (exact) mass is 430 g/mol. The highest BCUT2D eigenvalue weighted by molar-refractivity contribution is 5.86. The Bertz CT molecular complexity index is 1050. The molecule has 0 unspecified atom stereocenters. The Kier molecular flexibility index (Phi) is 6.31. The van der Waals surface area contributed by atoms with Crippen molar-refractivity contribution in [3.05, 3.63) is 155 Å². The van der Waals surface area contributed by atoms with Crippen molar-refractivity contribution in [2.45, 2.75) is 0 Å². The van der Waals surface area contributed by atoms with Crippen molar-refractivity contribution < 1.29 is 17.6 Å². The highest BCUT2D eigenvalue weighted by Gasteiger charge is 2.09. The van der Waals surface area contributed by atoms with Crippen molar-refractivity contribution in [1.29, 1.82) is 0 Å². The van der Waals surface area contributed by atoms with Crippen LogP contribution in [-0.2, 0) is 0 Å². The predicted molar refractivity (Wildman–Crippen MR) is 120 cm³/mol. The van der Waals surface area contributed by atoms with E-state index in [0.29, 0.717) is 0 Å². The first-order chi connectivity index (χ1) is 15.5. The van der Waals surface area contributed by atoms with E-state index < -0.39 is 0 Å². The van der Waals surface area contributed by atoms with Gasteiger partial charge in [-0.15, -0.1) is 0 Å². The Balaban J connectivity index is 1.88. The second-order valence-corrected chi connectivity index (χ2v) is 7.19. The van der Waals surface area contributed by atoms with E-state index in [9.17, 15) is 17.6 Å². The average Bonchev–Trinajstić information content (AvgIpc) is 2.80. The Morgan fingerprint density at radius 1 is 0.344 bits per heavy atom. The molecule has 0 bridgehead atoms. The van der Waals surface area contributed by atoms with Crippen LogP contribution < -0.4 is 0 Å². The van der Waals surface area contributed by atoms with Gasteiger partial charge in [0, 0.05) is 0 Å². The van der Waals surface area contributed by atoms with E-state index in [1.54, 1.807) is 48.5 Å². The molecule has 0 aliphatic carbocycles. The van der Waals surface area contributed by atoms with E-state index in [1.165, 1.54) is 48.5 Å². The van der Waals surface area contributed by atoms with E-state index in [1.807, 2.05) is 12.2 Å². The molecule has 0 saturated carbocycles. The fourth-order valence-corrected chi connectivity index (χ4v) is 3.40. The molecule has 0 atom stereocenters. The van der Waals surface area contributed by atoms with Crippen molar-refractivity contribution in [3.8, 4) is 0 Å². The van der Waals surface area contributed by atoms with Crippen LogP contribution in [0.15, 0.2) is 109 Å². The molecule has 0 aliphatic heterocycles. The number of hydrogen-bond acceptors (Lipinski definition) is 0. The maximum Gasteiger partial charge on any atom is 0.123 e. The molecule has 0 radical (unpaired) electrons. The number of halogens is 4. The summed E-state index contributed by atoms with van der Waals surface area (Å²) in [7, 11) is 0. The zero-order valence-electron chi connectivity index (χ0n) is 16.9. The van der Waals surface area contributed by atoms with Gasteiger partial charge in [-0.05, 0) is 81.9 Å². The molecule has 0 nitrogen and oxygen atoms in total. The van der Waals surface area contributed by atoms with Gasteiger partial charge in [0.25, 0.3) is 0 Å². The molecule has 0 spiro atoms. The number of benzene rings is 4. The zero-order chi connectivity index (χ0) is 22.5. The molecule has 0 fully saturated rings. The molecule has 32 heavy (non-hydrogen) atoms. The smallest absolute Gasteiger partial charge is 0.123 e. The zero-order valence-corrected chi connectivity index (χ0v) is 16.9. The molecule has 4 heteroatoms. The normalized spacial score (nSPS) is 10.5. The minimum absolute atomic E-state index is 0.360. The van der Waals surface area contributed by atoms with Crippen LogP contribution in [0, 0.1) is 23.3 Å². The first kappa shape index (κ1) is 21.3. The van der Waals surface area contributed by atoms with Crippen LogP contribution in [0.1, 0.15) is 22.3 Å². The van der Waals surface area contributed by atoms with E-state index >= 15 is 0 Å². The second-order valence-electron chi connectivity index (χ2n) is 7.19. The van der Waals surface area contributed by atoms with Crippen molar-refractivity contribution in [1.82, 2.24) is 0 Å². The summed E-state index contributed by atoms with van der Waals surface area (Å²) >= 11 is 0. The minimum Gasteiger partial charge on any atom is -0.207 e. The summed E-state index contributed by atoms with van der Waals surface area (Å²) in [6, 6.07) is 24.0. The van der Waals surface area contributed by atoms with Gasteiger partial charge >= 0.3 is 0 Å². The molecular weight excluding hydrogens is 412 g/mol. The molecular formula is C28H18F4. The lowest BCUT2D eigenvalue weighted by Gasteiger charge is -2.11. The number of hydrogen-bond donors (Lipinski definition) is 0. The Morgan fingerprint density at radius 3 is 0.719 bits per heavy atom. The van der Waals surface area contributed by atoms with Crippen molar-refractivity contribution in [2.75, 3.05) is 0 Å². The second kappa shape index (κ2) is 9.48. The number of allylic oxidation sites excluding steroid dienone is 2. The average molecular weight is 430 g/mol. The molecule has 0 N–H and O–H groups in total. The van der Waals surface area contributed by atoms with Gasteiger partial charge < -0.3 is 0 Å². The van der Waals surface area contributed by atoms with Crippen LogP contribution >= 0.6 is 0 Å². The SMILES string of the molecule is Fc1ccc(C(=CC=C(c2ccc(F)cc2)c2ccc(F)cc2)c2ccc(F)cc2)cc1. The van der Waals surface area contributed by atoms with Gasteiger partial charge in [-0.3, -0.25) is 0 Å². The van der Waals surface area contributed by atoms with Crippen molar-refractivity contribution in [2.24, 2.45) is 0 Å². The fraction of sp³-hybridized carbons (Fsp3) is 0. The van der Waals surface area contributed by atoms with Crippen LogP contribution in [0.5, 0.6) is 0 Å². The Hall–Kier alpha value is -3.92. The van der Waals surface area contributed by atoms with Gasteiger partial charge in [-0.1, -0.05) is 60.7 Å². The summed E-state index contributed by atoms with van der Waals surface area (Å²) in [4.78, 5) is 0. The fourth-order valence-electron chi connectivity index (χ4n) is 3.40. The van der Waals surface area contributed by atoms with E-state index in [0.717, 1.165) is 33.4 Å². The number of rotatable bonds is 5. The Labute approximate surface area is 183 Å². The lowest BCUT2D eigenvalue weighted by atomic mass is 9.94. The van der Waals surface area contributed by atoms with Gasteiger partial charge in [0.1, 0.15) is 23.3 Å². The lowest BCUT2D eigenvalue weighted by Crippen LogP contribution is -1.91. The maximum absolute atomic E-state index is 13.5. The first-order valence-electron chi connectivity index (χ1n) is 9.95. The summed E-state index contributed by atoms with van der Waals surface area (Å²) in [5.74, 6) is -1.44. The third-order valence-electron chi connectivity index (χ3n) is 5.04. The van der Waals surface area contributed by atoms with Crippen LogP contribution in [0.3, 0.4) is 0 Å². The lowest BCUT2D eigenvalue weighted by molar-refractivity contribution is 0.627. The molecule has 158 valence electrons. The highest BCUT2D eigenvalue weighted by Crippen LogP contribution is 2.28. The Morgan fingerprint density at radius 2 is 0.531 bits per heavy atom. The molecule has 4 aromatic rings. The standard InChI is InChI=1S/C28H18F4/c29-23-9-1-19(2-10-23)27(20-3-11-24(30)12-4-20)17-18-28(21-5-13-25(31)14-6-21)22-7-15-26(32)16-8-22/h1-18H. The summed E-state index contributed by atoms with van der Waals surface area (Å²) in [5.41, 5.74) is 4.45. The van der Waals surface area contributed by atoms with Crippen LogP contribution in [0.2, 0.25) is 0 Å². The van der Waals surface area contributed by atoms with Gasteiger partial charge in [-0.2, -0.15) is 0 Å². The van der Waals surface area contributed by atoms with E-state index in [-0.39, 0.29) is 23.3 Å². The van der Waals surface area contributed by atoms with Crippen LogP contribution in [0.25, 0.3) is 11.1 Å². The third-order valence-corrected chi connectivity index (χ3v) is 5.04. The molecule has 0 amide bonds. The largest absolute Gasteiger partial charge is 0.207 e. The molecule has 4 aromatic carbocycles. The van der Waals surface area contributed by atoms with Crippen molar-refractivity contribution in [3.63, 3.8) is 0 Å². The highest BCUT2D eigenvalue weighted by atomic mass is 19.1. The first-order valence-corrected chi connectivity index (χ1v) is 9.95. The van der Waals surface area contributed by atoms with Crippen LogP contribution in [-0.4, -0.2) is 0 Å². The van der Waals surface area contributed by atoms with Crippen molar-refractivity contribution >= 4 is 11.1 Å². The van der Waals surface area contributed by atoms with Crippen LogP contribution in [0.4, 0.5) is 17.6 Å². The topological polar surface area (TPSA) is 0 Å². The third kappa shape index (κ3) is 5.03. The van der Waals surface area contributed by atoms with Gasteiger partial charge in [0.05, 0.1) is 0 Å². The molecule has 0 aromatic heterocycles. The molecule has 0 heterocycles. The molecule has 0 aliphatic rings.